The molecule has 0 aromatic heterocycles. The highest BCUT2D eigenvalue weighted by molar-refractivity contribution is 6.92. The van der Waals surface area contributed by atoms with E-state index >= 15 is 0 Å². The third-order valence-corrected chi connectivity index (χ3v) is 8.00. The van der Waals surface area contributed by atoms with Crippen LogP contribution < -0.4 is 0 Å². The minimum atomic E-state index is -0.149. The highest BCUT2D eigenvalue weighted by Crippen LogP contribution is 2.14. The first-order chi connectivity index (χ1) is 18.8. The Morgan fingerprint density at radius 1 is 0.410 bits per heavy atom. The quantitative estimate of drug-likeness (QED) is 0.0613. The van der Waals surface area contributed by atoms with E-state index in [0.717, 1.165) is 26.1 Å². The van der Waals surface area contributed by atoms with E-state index in [9.17, 15) is 5.11 Å². The topological polar surface area (TPSA) is 38.7 Å². The van der Waals surface area contributed by atoms with Crippen LogP contribution in [0.1, 0.15) is 194 Å². The molecule has 2 unspecified atom stereocenters. The van der Waals surface area contributed by atoms with Gasteiger partial charge in [0.25, 0.3) is 0 Å². The van der Waals surface area contributed by atoms with Crippen LogP contribution in [0, 0.1) is 0 Å². The van der Waals surface area contributed by atoms with Gasteiger partial charge in [-0.25, -0.2) is 0 Å². The molecule has 0 amide bonds. The summed E-state index contributed by atoms with van der Waals surface area (Å²) in [5.41, 5.74) is 0. The number of hydrogen-bond acceptors (Lipinski definition) is 3. The summed E-state index contributed by atoms with van der Waals surface area (Å²) >= 11 is 0. The van der Waals surface area contributed by atoms with E-state index in [1.807, 2.05) is 0 Å². The second kappa shape index (κ2) is 38.3. The molecule has 39 heavy (non-hydrogen) atoms. The lowest BCUT2D eigenvalue weighted by Gasteiger charge is -2.15. The van der Waals surface area contributed by atoms with Gasteiger partial charge in [-0.3, -0.25) is 0 Å². The molecule has 0 saturated heterocycles. The second-order valence-corrected chi connectivity index (χ2v) is 11.9. The molecule has 0 aliphatic rings. The first-order valence-corrected chi connectivity index (χ1v) is 17.6. The summed E-state index contributed by atoms with van der Waals surface area (Å²) in [6.07, 6.45) is 38.4. The monoisotopic (exact) mass is 575 g/mol. The number of rotatable bonds is 34. The molecule has 0 aliphatic heterocycles. The summed E-state index contributed by atoms with van der Waals surface area (Å²) in [4.78, 5) is 0. The molecule has 3 nitrogen and oxygen atoms in total. The summed E-state index contributed by atoms with van der Waals surface area (Å²) in [6.45, 7) is 6.74. The third-order valence-electron chi connectivity index (χ3n) is 8.00. The van der Waals surface area contributed by atoms with Crippen LogP contribution in [0.5, 0.6) is 0 Å². The summed E-state index contributed by atoms with van der Waals surface area (Å²) in [5.74, 6) is 0. The minimum Gasteiger partial charge on any atom is -0.394 e. The van der Waals surface area contributed by atoms with Crippen LogP contribution >= 0.6 is 9.90 Å². The van der Waals surface area contributed by atoms with Crippen molar-refractivity contribution in [3.63, 3.8) is 0 Å². The molecule has 4 heteroatoms. The Kier molecular flexibility index (Phi) is 40.7. The fourth-order valence-electron chi connectivity index (χ4n) is 5.31. The van der Waals surface area contributed by atoms with Crippen molar-refractivity contribution in [2.24, 2.45) is 0 Å². The summed E-state index contributed by atoms with van der Waals surface area (Å²) in [6, 6.07) is 0. The fraction of sp³-hybridized carbons (Fsp3) is 1.00. The zero-order chi connectivity index (χ0) is 27.6. The van der Waals surface area contributed by atoms with Crippen molar-refractivity contribution >= 4 is 9.90 Å². The van der Waals surface area contributed by atoms with E-state index in [4.69, 9.17) is 9.47 Å². The van der Waals surface area contributed by atoms with E-state index in [1.54, 1.807) is 0 Å². The highest BCUT2D eigenvalue weighted by atomic mass is 31.0. The second-order valence-electron chi connectivity index (χ2n) is 11.9. The van der Waals surface area contributed by atoms with Gasteiger partial charge in [-0.1, -0.05) is 181 Å². The van der Waals surface area contributed by atoms with Crippen molar-refractivity contribution in [1.82, 2.24) is 0 Å². The van der Waals surface area contributed by atoms with Crippen molar-refractivity contribution in [2.45, 2.75) is 200 Å². The Hall–Kier alpha value is 0.310. The molecule has 0 aromatic carbocycles. The average molecular weight is 575 g/mol. The minimum absolute atomic E-state index is 0. The van der Waals surface area contributed by atoms with Crippen LogP contribution in [0.15, 0.2) is 0 Å². The van der Waals surface area contributed by atoms with Crippen molar-refractivity contribution in [2.75, 3.05) is 26.4 Å². The van der Waals surface area contributed by atoms with Crippen molar-refractivity contribution in [1.29, 1.82) is 0 Å². The lowest BCUT2D eigenvalue weighted by Crippen LogP contribution is -2.24. The molecule has 2 atom stereocenters. The highest BCUT2D eigenvalue weighted by Gasteiger charge is 2.07. The number of hydrogen-bond donors (Lipinski definition) is 1. The molecule has 0 rings (SSSR count). The molecule has 238 valence electrons. The molecule has 0 bridgehead atoms. The maximum atomic E-state index is 9.56. The largest absolute Gasteiger partial charge is 0.394 e. The normalized spacial score (nSPS) is 12.1. The average Bonchev–Trinajstić information content (AvgIpc) is 2.93. The lowest BCUT2D eigenvalue weighted by molar-refractivity contribution is -0.0437. The number of unbranched alkanes of at least 4 members (excludes halogenated alkanes) is 26. The zero-order valence-electron chi connectivity index (χ0n) is 27.2. The van der Waals surface area contributed by atoms with Crippen LogP contribution in [0.3, 0.4) is 0 Å². The summed E-state index contributed by atoms with van der Waals surface area (Å²) in [7, 11) is 0. The first-order valence-electron chi connectivity index (χ1n) is 17.6. The smallest absolute Gasteiger partial charge is 0.104 e. The van der Waals surface area contributed by atoms with Gasteiger partial charge in [-0.05, 0) is 12.8 Å². The Morgan fingerprint density at radius 3 is 1.00 bits per heavy atom. The molecule has 1 N–H and O–H groups in total. The maximum absolute atomic E-state index is 9.56. The van der Waals surface area contributed by atoms with Gasteiger partial charge in [-0.15, -0.1) is 0 Å². The van der Waals surface area contributed by atoms with E-state index in [0.29, 0.717) is 6.61 Å². The SMILES string of the molecule is CCCCCCCCCCCCCCCCOCC(CO)OCCCCCCCCCCCCCCCC.P. The molecule has 0 radical (unpaired) electrons. The zero-order valence-corrected chi connectivity index (χ0v) is 28.6. The van der Waals surface area contributed by atoms with Gasteiger partial charge in [0.15, 0.2) is 0 Å². The van der Waals surface area contributed by atoms with Gasteiger partial charge in [0.2, 0.25) is 0 Å². The third kappa shape index (κ3) is 36.3. The predicted octanol–water partition coefficient (Wildman–Crippen LogP) is 11.4. The van der Waals surface area contributed by atoms with Gasteiger partial charge >= 0.3 is 0 Å². The van der Waals surface area contributed by atoms with Crippen LogP contribution in [-0.2, 0) is 9.47 Å². The van der Waals surface area contributed by atoms with Gasteiger partial charge < -0.3 is 14.6 Å². The van der Waals surface area contributed by atoms with Crippen LogP contribution in [0.25, 0.3) is 0 Å². The van der Waals surface area contributed by atoms with E-state index in [2.05, 4.69) is 13.8 Å². The van der Waals surface area contributed by atoms with E-state index < -0.39 is 0 Å². The fourth-order valence-corrected chi connectivity index (χ4v) is 5.31. The predicted molar refractivity (Wildman–Crippen MR) is 179 cm³/mol. The Balaban J connectivity index is 0. The van der Waals surface area contributed by atoms with Gasteiger partial charge in [-0.2, -0.15) is 9.90 Å². The first kappa shape index (κ1) is 41.4. The number of aliphatic hydroxyl groups excluding tert-OH is 1. The molecule has 0 saturated carbocycles. The van der Waals surface area contributed by atoms with Crippen molar-refractivity contribution < 1.29 is 14.6 Å². The summed E-state index contributed by atoms with van der Waals surface area (Å²) < 4.78 is 11.6. The number of ether oxygens (including phenoxy) is 2. The standard InChI is InChI=1S/C35H72O3.H3P/c1-3-5-7-9-11-13-15-17-19-21-23-25-27-29-31-37-34-35(33-36)38-32-30-28-26-24-22-20-18-16-14-12-10-8-6-4-2;/h35-36H,3-34H2,1-2H3;1H3. The molecule has 0 fully saturated rings. The van der Waals surface area contributed by atoms with Crippen molar-refractivity contribution in [3.8, 4) is 0 Å². The molecular weight excluding hydrogens is 499 g/mol. The summed E-state index contributed by atoms with van der Waals surface area (Å²) in [5, 5.41) is 9.56. The Labute approximate surface area is 250 Å². The molecule has 0 spiro atoms. The van der Waals surface area contributed by atoms with Crippen LogP contribution in [-0.4, -0.2) is 37.6 Å². The van der Waals surface area contributed by atoms with Gasteiger partial charge in [0.1, 0.15) is 6.10 Å². The molecule has 0 aromatic rings. The van der Waals surface area contributed by atoms with Gasteiger partial charge in [0, 0.05) is 13.2 Å². The Bertz CT molecular complexity index is 407. The van der Waals surface area contributed by atoms with Crippen LogP contribution in [0.2, 0.25) is 0 Å². The van der Waals surface area contributed by atoms with E-state index in [1.165, 1.54) is 167 Å². The van der Waals surface area contributed by atoms with Crippen molar-refractivity contribution in [3.05, 3.63) is 0 Å². The molecular formula is C35H75O3P. The Morgan fingerprint density at radius 2 is 0.692 bits per heavy atom. The molecule has 0 heterocycles. The molecule has 0 aliphatic carbocycles. The van der Waals surface area contributed by atoms with Crippen LogP contribution in [0.4, 0.5) is 0 Å². The maximum Gasteiger partial charge on any atom is 0.104 e. The van der Waals surface area contributed by atoms with Gasteiger partial charge in [0.05, 0.1) is 13.2 Å². The van der Waals surface area contributed by atoms with E-state index in [-0.39, 0.29) is 22.6 Å². The number of aliphatic hydroxyl groups is 1. The lowest BCUT2D eigenvalue weighted by atomic mass is 10.0.